The highest BCUT2D eigenvalue weighted by Gasteiger charge is 2.09. The van der Waals surface area contributed by atoms with Crippen LogP contribution in [0.15, 0.2) is 60.8 Å². The van der Waals surface area contributed by atoms with Crippen molar-refractivity contribution in [1.29, 1.82) is 5.26 Å². The lowest BCUT2D eigenvalue weighted by Crippen LogP contribution is -1.98. The average Bonchev–Trinajstić information content (AvgIpc) is 2.74. The van der Waals surface area contributed by atoms with E-state index in [1.54, 1.807) is 12.3 Å². The minimum Gasteiger partial charge on any atom is -0.355 e. The predicted molar refractivity (Wildman–Crippen MR) is 118 cm³/mol. The molecular weight excluding hydrogens is 356 g/mol. The molecule has 0 aliphatic carbocycles. The van der Waals surface area contributed by atoms with E-state index in [4.69, 9.17) is 10.2 Å². The molecule has 0 radical (unpaired) electrons. The van der Waals surface area contributed by atoms with Crippen LogP contribution in [0.2, 0.25) is 0 Å². The van der Waals surface area contributed by atoms with Crippen molar-refractivity contribution in [2.24, 2.45) is 0 Å². The van der Waals surface area contributed by atoms with Crippen LogP contribution in [0.25, 0.3) is 22.0 Å². The summed E-state index contributed by atoms with van der Waals surface area (Å²) < 4.78 is 0. The summed E-state index contributed by atoms with van der Waals surface area (Å²) in [4.78, 5) is 8.94. The van der Waals surface area contributed by atoms with Crippen molar-refractivity contribution in [2.75, 3.05) is 5.32 Å². The van der Waals surface area contributed by atoms with Gasteiger partial charge in [0.2, 0.25) is 0 Å². The van der Waals surface area contributed by atoms with Gasteiger partial charge in [-0.1, -0.05) is 30.7 Å². The number of aromatic nitrogens is 2. The van der Waals surface area contributed by atoms with Crippen LogP contribution in [-0.2, 0) is 6.42 Å². The largest absolute Gasteiger partial charge is 0.355 e. The van der Waals surface area contributed by atoms with E-state index in [2.05, 4.69) is 66.6 Å². The normalized spacial score (nSPS) is 10.7. The Hall–Kier alpha value is -3.71. The third kappa shape index (κ3) is 3.81. The molecule has 0 fully saturated rings. The van der Waals surface area contributed by atoms with Crippen LogP contribution in [-0.4, -0.2) is 9.97 Å². The van der Waals surface area contributed by atoms with Gasteiger partial charge in [0.25, 0.3) is 0 Å². The molecule has 0 bridgehead atoms. The number of rotatable bonds is 4. The Bertz CT molecular complexity index is 1220. The first-order chi connectivity index (χ1) is 14.1. The number of nitriles is 1. The second-order valence-electron chi connectivity index (χ2n) is 7.23. The molecule has 2 aromatic heterocycles. The van der Waals surface area contributed by atoms with Gasteiger partial charge in [0.1, 0.15) is 11.8 Å². The number of nitrogens with one attached hydrogen (secondary N) is 1. The van der Waals surface area contributed by atoms with Crippen LogP contribution in [0.3, 0.4) is 0 Å². The van der Waals surface area contributed by atoms with Gasteiger partial charge in [-0.15, -0.1) is 0 Å². The first kappa shape index (κ1) is 18.6. The van der Waals surface area contributed by atoms with Crippen molar-refractivity contribution in [2.45, 2.75) is 27.2 Å². The summed E-state index contributed by atoms with van der Waals surface area (Å²) in [5, 5.41) is 13.6. The monoisotopic (exact) mass is 378 g/mol. The number of pyridine rings is 2. The lowest BCUT2D eigenvalue weighted by Gasteiger charge is -2.14. The molecule has 2 aromatic carbocycles. The van der Waals surface area contributed by atoms with E-state index in [-0.39, 0.29) is 0 Å². The van der Waals surface area contributed by atoms with Crippen molar-refractivity contribution in [1.82, 2.24) is 9.97 Å². The molecule has 0 amide bonds. The molecule has 0 unspecified atom stereocenters. The number of anilines is 2. The maximum Gasteiger partial charge on any atom is 0.140 e. The van der Waals surface area contributed by atoms with Crippen molar-refractivity contribution in [3.05, 3.63) is 83.3 Å². The number of aryl methyl sites for hydroxylation is 3. The summed E-state index contributed by atoms with van der Waals surface area (Å²) in [6, 6.07) is 20.5. The third-order valence-electron chi connectivity index (χ3n) is 5.02. The summed E-state index contributed by atoms with van der Waals surface area (Å²) in [5.74, 6) is 0. The van der Waals surface area contributed by atoms with Crippen LogP contribution in [0.5, 0.6) is 0 Å². The number of hydrogen-bond donors (Lipinski definition) is 1. The molecule has 142 valence electrons. The fourth-order valence-electron chi connectivity index (χ4n) is 3.59. The zero-order valence-electron chi connectivity index (χ0n) is 16.8. The second kappa shape index (κ2) is 7.73. The standard InChI is InChI=1S/C25H22N4/c1-4-18-11-16(2)12-23-24(13-17(3)28-25(18)23)29-21-8-5-19(6-9-21)20-7-10-22(14-26)27-15-20/h5-13,15H,4H2,1-3H3,(H,28,29). The predicted octanol–water partition coefficient (Wildman–Crippen LogP) is 6.09. The van der Waals surface area contributed by atoms with Crippen molar-refractivity contribution in [3.8, 4) is 17.2 Å². The molecule has 4 heteroatoms. The molecule has 4 aromatic rings. The summed E-state index contributed by atoms with van der Waals surface area (Å²) in [6.45, 7) is 6.33. The van der Waals surface area contributed by atoms with Crippen molar-refractivity contribution >= 4 is 22.3 Å². The Kier molecular flexibility index (Phi) is 4.97. The smallest absolute Gasteiger partial charge is 0.140 e. The Morgan fingerprint density at radius 3 is 2.38 bits per heavy atom. The molecule has 4 rings (SSSR count). The Labute approximate surface area is 170 Å². The molecule has 0 aliphatic heterocycles. The molecule has 0 spiro atoms. The topological polar surface area (TPSA) is 61.6 Å². The molecule has 0 saturated heterocycles. The van der Waals surface area contributed by atoms with E-state index in [0.717, 1.165) is 45.5 Å². The van der Waals surface area contributed by atoms with E-state index in [0.29, 0.717) is 5.69 Å². The zero-order valence-corrected chi connectivity index (χ0v) is 16.8. The average molecular weight is 378 g/mol. The summed E-state index contributed by atoms with van der Waals surface area (Å²) in [7, 11) is 0. The quantitative estimate of drug-likeness (QED) is 0.467. The molecule has 0 atom stereocenters. The lowest BCUT2D eigenvalue weighted by molar-refractivity contribution is 1.13. The summed E-state index contributed by atoms with van der Waals surface area (Å²) in [5.41, 5.74) is 9.15. The fourth-order valence-corrected chi connectivity index (χ4v) is 3.59. The third-order valence-corrected chi connectivity index (χ3v) is 5.02. The summed E-state index contributed by atoms with van der Waals surface area (Å²) in [6.07, 6.45) is 2.69. The van der Waals surface area contributed by atoms with Crippen LogP contribution in [0.1, 0.15) is 29.4 Å². The highest BCUT2D eigenvalue weighted by atomic mass is 14.9. The lowest BCUT2D eigenvalue weighted by atomic mass is 10.0. The van der Waals surface area contributed by atoms with Gasteiger partial charge in [-0.05, 0) is 67.8 Å². The van der Waals surface area contributed by atoms with Gasteiger partial charge < -0.3 is 5.32 Å². The molecule has 29 heavy (non-hydrogen) atoms. The Balaban J connectivity index is 1.68. The van der Waals surface area contributed by atoms with E-state index in [1.807, 2.05) is 19.1 Å². The minimum absolute atomic E-state index is 0.425. The van der Waals surface area contributed by atoms with Crippen LogP contribution < -0.4 is 5.32 Å². The molecule has 4 nitrogen and oxygen atoms in total. The van der Waals surface area contributed by atoms with Gasteiger partial charge in [0, 0.05) is 34.2 Å². The van der Waals surface area contributed by atoms with Gasteiger partial charge >= 0.3 is 0 Å². The van der Waals surface area contributed by atoms with Gasteiger partial charge in [0.15, 0.2) is 0 Å². The van der Waals surface area contributed by atoms with Gasteiger partial charge in [-0.3, -0.25) is 4.98 Å². The molecule has 0 aliphatic rings. The fraction of sp³-hybridized carbons (Fsp3) is 0.160. The SMILES string of the molecule is CCc1cc(C)cc2c(Nc3ccc(-c4ccc(C#N)nc4)cc3)cc(C)nc12. The van der Waals surface area contributed by atoms with Crippen molar-refractivity contribution < 1.29 is 0 Å². The van der Waals surface area contributed by atoms with Crippen LogP contribution in [0.4, 0.5) is 11.4 Å². The van der Waals surface area contributed by atoms with E-state index in [9.17, 15) is 0 Å². The molecule has 0 saturated carbocycles. The van der Waals surface area contributed by atoms with E-state index < -0.39 is 0 Å². The Morgan fingerprint density at radius 2 is 1.72 bits per heavy atom. The first-order valence-electron chi connectivity index (χ1n) is 9.72. The number of nitrogens with zero attached hydrogens (tertiary/aromatic N) is 3. The van der Waals surface area contributed by atoms with Crippen molar-refractivity contribution in [3.63, 3.8) is 0 Å². The highest BCUT2D eigenvalue weighted by Crippen LogP contribution is 2.31. The molecule has 2 heterocycles. The van der Waals surface area contributed by atoms with Gasteiger partial charge in [0.05, 0.1) is 5.52 Å². The van der Waals surface area contributed by atoms with Crippen LogP contribution in [0, 0.1) is 25.2 Å². The van der Waals surface area contributed by atoms with E-state index >= 15 is 0 Å². The minimum atomic E-state index is 0.425. The first-order valence-corrected chi connectivity index (χ1v) is 9.72. The van der Waals surface area contributed by atoms with Gasteiger partial charge in [-0.2, -0.15) is 5.26 Å². The number of hydrogen-bond acceptors (Lipinski definition) is 4. The number of benzene rings is 2. The maximum atomic E-state index is 8.90. The maximum absolute atomic E-state index is 8.90. The van der Waals surface area contributed by atoms with Crippen LogP contribution >= 0.6 is 0 Å². The highest BCUT2D eigenvalue weighted by molar-refractivity contribution is 5.95. The molecular formula is C25H22N4. The second-order valence-corrected chi connectivity index (χ2v) is 7.23. The number of fused-ring (bicyclic) bond motifs is 1. The summed E-state index contributed by atoms with van der Waals surface area (Å²) >= 11 is 0. The van der Waals surface area contributed by atoms with E-state index in [1.165, 1.54) is 11.1 Å². The Morgan fingerprint density at radius 1 is 0.966 bits per heavy atom. The molecule has 1 N–H and O–H groups in total. The van der Waals surface area contributed by atoms with Gasteiger partial charge in [-0.25, -0.2) is 4.98 Å². The zero-order chi connectivity index (χ0) is 20.4.